The molecule has 146 valence electrons. The van der Waals surface area contributed by atoms with Crippen molar-refractivity contribution in [2.75, 3.05) is 7.05 Å². The minimum atomic E-state index is -3.95. The topological polar surface area (TPSA) is 70.0 Å². The molecule has 1 heterocycles. The highest BCUT2D eigenvalue weighted by Crippen LogP contribution is 2.21. The largest absolute Gasteiger partial charge is 0.344 e. The molecule has 0 radical (unpaired) electrons. The third kappa shape index (κ3) is 4.45. The highest BCUT2D eigenvalue weighted by molar-refractivity contribution is 7.88. The molecule has 0 fully saturated rings. The van der Waals surface area contributed by atoms with Crippen LogP contribution in [0.3, 0.4) is 0 Å². The number of nitrogens with zero attached hydrogens (tertiary/aromatic N) is 3. The van der Waals surface area contributed by atoms with Gasteiger partial charge in [-0.05, 0) is 30.2 Å². The minimum Gasteiger partial charge on any atom is -0.337 e. The van der Waals surface area contributed by atoms with Gasteiger partial charge in [-0.25, -0.2) is 4.39 Å². The van der Waals surface area contributed by atoms with Crippen LogP contribution in [0.1, 0.15) is 18.1 Å². The normalized spacial score (nSPS) is 15.6. The molecular weight excluding hydrogens is 381 g/mol. The van der Waals surface area contributed by atoms with Gasteiger partial charge in [0.05, 0.1) is 17.8 Å². The fourth-order valence-electron chi connectivity index (χ4n) is 2.82. The lowest BCUT2D eigenvalue weighted by Crippen LogP contribution is -2.36. The number of rotatable bonds is 5. The van der Waals surface area contributed by atoms with E-state index in [1.165, 1.54) is 42.3 Å². The second-order valence-corrected chi connectivity index (χ2v) is 8.06. The lowest BCUT2D eigenvalue weighted by Gasteiger charge is -2.26. The molecule has 1 amide bonds. The Bertz CT molecular complexity index is 1030. The maximum absolute atomic E-state index is 13.1. The van der Waals surface area contributed by atoms with E-state index in [4.69, 9.17) is 0 Å². The lowest BCUT2D eigenvalue weighted by molar-refractivity contribution is -0.125. The molecular formula is C20H20FN3O3S. The van der Waals surface area contributed by atoms with E-state index in [0.717, 1.165) is 9.87 Å². The van der Waals surface area contributed by atoms with Gasteiger partial charge in [-0.15, -0.1) is 4.40 Å². The van der Waals surface area contributed by atoms with Crippen molar-refractivity contribution in [3.05, 3.63) is 83.3 Å². The average Bonchev–Trinajstić information content (AvgIpc) is 2.65. The first-order valence-electron chi connectivity index (χ1n) is 8.60. The van der Waals surface area contributed by atoms with Crippen LogP contribution in [0.5, 0.6) is 0 Å². The molecule has 3 rings (SSSR count). The summed E-state index contributed by atoms with van der Waals surface area (Å²) in [5, 5.41) is 0. The third-order valence-electron chi connectivity index (χ3n) is 4.30. The maximum Gasteiger partial charge on any atom is 0.344 e. The summed E-state index contributed by atoms with van der Waals surface area (Å²) in [5.41, 5.74) is 1.89. The molecule has 0 atom stereocenters. The van der Waals surface area contributed by atoms with Crippen molar-refractivity contribution in [3.8, 4) is 0 Å². The van der Waals surface area contributed by atoms with E-state index in [-0.39, 0.29) is 23.7 Å². The summed E-state index contributed by atoms with van der Waals surface area (Å²) in [6, 6.07) is 15.0. The molecule has 8 heteroatoms. The third-order valence-corrected chi connectivity index (χ3v) is 5.63. The molecule has 28 heavy (non-hydrogen) atoms. The summed E-state index contributed by atoms with van der Waals surface area (Å²) >= 11 is 0. The van der Waals surface area contributed by atoms with Gasteiger partial charge in [0.1, 0.15) is 5.82 Å². The zero-order valence-corrected chi connectivity index (χ0v) is 16.4. The van der Waals surface area contributed by atoms with Crippen LogP contribution in [0.25, 0.3) is 0 Å². The number of carbonyl (C=O) groups is 1. The quantitative estimate of drug-likeness (QED) is 0.774. The minimum absolute atomic E-state index is 0.0431. The van der Waals surface area contributed by atoms with Gasteiger partial charge < -0.3 is 4.90 Å². The van der Waals surface area contributed by atoms with Crippen molar-refractivity contribution < 1.29 is 17.6 Å². The summed E-state index contributed by atoms with van der Waals surface area (Å²) in [6.07, 6.45) is 1.30. The number of hydrogen-bond donors (Lipinski definition) is 0. The van der Waals surface area contributed by atoms with Gasteiger partial charge in [0.15, 0.2) is 0 Å². The first-order chi connectivity index (χ1) is 13.3. The Balaban J connectivity index is 1.84. The van der Waals surface area contributed by atoms with Crippen molar-refractivity contribution >= 4 is 21.8 Å². The maximum atomic E-state index is 13.1. The highest BCUT2D eigenvalue weighted by Gasteiger charge is 2.29. The van der Waals surface area contributed by atoms with Crippen LogP contribution in [0.2, 0.25) is 0 Å². The van der Waals surface area contributed by atoms with Crippen LogP contribution in [0.15, 0.2) is 70.8 Å². The number of halogens is 1. The Labute approximate surface area is 163 Å². The van der Waals surface area contributed by atoms with E-state index in [0.29, 0.717) is 12.1 Å². The van der Waals surface area contributed by atoms with Gasteiger partial charge in [-0.3, -0.25) is 9.10 Å². The van der Waals surface area contributed by atoms with Gasteiger partial charge in [-0.1, -0.05) is 42.5 Å². The number of amides is 1. The number of benzene rings is 2. The molecule has 1 aliphatic rings. The first-order valence-corrected chi connectivity index (χ1v) is 10.0. The van der Waals surface area contributed by atoms with Crippen LogP contribution in [-0.4, -0.2) is 36.3 Å². The zero-order chi connectivity index (χ0) is 20.3. The second kappa shape index (κ2) is 7.93. The van der Waals surface area contributed by atoms with Crippen LogP contribution in [-0.2, 0) is 28.1 Å². The molecule has 6 nitrogen and oxygen atoms in total. The van der Waals surface area contributed by atoms with Crippen LogP contribution >= 0.6 is 0 Å². The van der Waals surface area contributed by atoms with Crippen molar-refractivity contribution in [1.29, 1.82) is 0 Å². The van der Waals surface area contributed by atoms with Gasteiger partial charge in [0.25, 0.3) is 5.91 Å². The summed E-state index contributed by atoms with van der Waals surface area (Å²) in [6.45, 7) is 1.83. The first kappa shape index (κ1) is 19.8. The molecule has 1 aliphatic heterocycles. The van der Waals surface area contributed by atoms with Crippen LogP contribution < -0.4 is 0 Å². The molecule has 2 aromatic rings. The van der Waals surface area contributed by atoms with E-state index in [9.17, 15) is 17.6 Å². The van der Waals surface area contributed by atoms with Gasteiger partial charge in [0, 0.05) is 19.8 Å². The molecule has 0 saturated heterocycles. The highest BCUT2D eigenvalue weighted by atomic mass is 32.2. The molecule has 0 unspecified atom stereocenters. The van der Waals surface area contributed by atoms with Crippen molar-refractivity contribution in [2.45, 2.75) is 20.0 Å². The van der Waals surface area contributed by atoms with E-state index in [1.54, 1.807) is 7.05 Å². The van der Waals surface area contributed by atoms with Crippen molar-refractivity contribution in [2.24, 2.45) is 4.40 Å². The summed E-state index contributed by atoms with van der Waals surface area (Å²) < 4.78 is 42.6. The fourth-order valence-corrected chi connectivity index (χ4v) is 3.92. The molecule has 0 saturated carbocycles. The standard InChI is InChI=1S/C20H20FN3O3S/c1-15-19(20(25)23(2)12-16-6-4-3-5-7-16)14-24(28(26,27)22-15)13-17-8-10-18(21)11-9-17/h3-11,14H,12-13H2,1-2H3. The van der Waals surface area contributed by atoms with Crippen LogP contribution in [0, 0.1) is 5.82 Å². The van der Waals surface area contributed by atoms with E-state index in [1.807, 2.05) is 30.3 Å². The zero-order valence-electron chi connectivity index (χ0n) is 15.5. The Morgan fingerprint density at radius 3 is 2.36 bits per heavy atom. The predicted molar refractivity (Wildman–Crippen MR) is 105 cm³/mol. The molecule has 0 spiro atoms. The Morgan fingerprint density at radius 1 is 1.07 bits per heavy atom. The molecule has 0 aromatic heterocycles. The molecule has 0 N–H and O–H groups in total. The fraction of sp³-hybridized carbons (Fsp3) is 0.200. The average molecular weight is 401 g/mol. The SMILES string of the molecule is CC1=NS(=O)(=O)N(Cc2ccc(F)cc2)C=C1C(=O)N(C)Cc1ccccc1. The number of hydrogen-bond acceptors (Lipinski definition) is 3. The molecule has 0 aliphatic carbocycles. The Morgan fingerprint density at radius 2 is 1.71 bits per heavy atom. The van der Waals surface area contributed by atoms with Crippen molar-refractivity contribution in [1.82, 2.24) is 9.21 Å². The van der Waals surface area contributed by atoms with Gasteiger partial charge in [-0.2, -0.15) is 8.42 Å². The summed E-state index contributed by atoms with van der Waals surface area (Å²) in [4.78, 5) is 14.4. The van der Waals surface area contributed by atoms with Crippen LogP contribution in [0.4, 0.5) is 4.39 Å². The number of likely N-dealkylation sites (N-methyl/N-ethyl adjacent to an activating group) is 1. The Hall–Kier alpha value is -3.00. The lowest BCUT2D eigenvalue weighted by atomic mass is 10.1. The molecule has 0 bridgehead atoms. The monoisotopic (exact) mass is 401 g/mol. The summed E-state index contributed by atoms with van der Waals surface area (Å²) in [5.74, 6) is -0.739. The van der Waals surface area contributed by atoms with Gasteiger partial charge in [0.2, 0.25) is 0 Å². The second-order valence-electron chi connectivity index (χ2n) is 6.52. The molecule has 2 aromatic carbocycles. The number of carbonyl (C=O) groups excluding carboxylic acids is 1. The van der Waals surface area contributed by atoms with E-state index >= 15 is 0 Å². The van der Waals surface area contributed by atoms with E-state index < -0.39 is 16.0 Å². The van der Waals surface area contributed by atoms with E-state index in [2.05, 4.69) is 4.40 Å². The Kier molecular flexibility index (Phi) is 5.60. The smallest absolute Gasteiger partial charge is 0.337 e. The van der Waals surface area contributed by atoms with Crippen molar-refractivity contribution in [3.63, 3.8) is 0 Å². The predicted octanol–water partition coefficient (Wildman–Crippen LogP) is 2.89. The summed E-state index contributed by atoms with van der Waals surface area (Å²) in [7, 11) is -2.30. The van der Waals surface area contributed by atoms with Gasteiger partial charge >= 0.3 is 10.2 Å².